The highest BCUT2D eigenvalue weighted by atomic mass is 79.9. The van der Waals surface area contributed by atoms with Gasteiger partial charge in [0.25, 0.3) is 0 Å². The molecule has 0 amide bonds. The van der Waals surface area contributed by atoms with Gasteiger partial charge in [0.15, 0.2) is 0 Å². The van der Waals surface area contributed by atoms with Gasteiger partial charge in [-0.3, -0.25) is 0 Å². The van der Waals surface area contributed by atoms with E-state index in [1.165, 1.54) is 12.1 Å². The first-order chi connectivity index (χ1) is 9.15. The SMILES string of the molecule is CCNC(c1ccc(CC)o1)c1cc(F)ccc1Br. The van der Waals surface area contributed by atoms with Crippen molar-refractivity contribution in [2.75, 3.05) is 6.54 Å². The molecule has 2 nitrogen and oxygen atoms in total. The van der Waals surface area contributed by atoms with Crippen LogP contribution in [0.5, 0.6) is 0 Å². The molecule has 0 aliphatic rings. The van der Waals surface area contributed by atoms with Gasteiger partial charge in [0, 0.05) is 10.9 Å². The van der Waals surface area contributed by atoms with E-state index < -0.39 is 0 Å². The van der Waals surface area contributed by atoms with Crippen LogP contribution in [0.2, 0.25) is 0 Å². The predicted octanol–water partition coefficient (Wildman–Crippen LogP) is 4.44. The minimum atomic E-state index is -0.247. The molecule has 0 fully saturated rings. The Kier molecular flexibility index (Phi) is 4.77. The van der Waals surface area contributed by atoms with Crippen LogP contribution in [0.1, 0.15) is 37.0 Å². The average Bonchev–Trinajstić information content (AvgIpc) is 2.88. The lowest BCUT2D eigenvalue weighted by Crippen LogP contribution is -2.22. The van der Waals surface area contributed by atoms with E-state index in [0.717, 1.165) is 34.5 Å². The van der Waals surface area contributed by atoms with E-state index >= 15 is 0 Å². The van der Waals surface area contributed by atoms with Gasteiger partial charge in [0.2, 0.25) is 0 Å². The van der Waals surface area contributed by atoms with Crippen molar-refractivity contribution in [3.8, 4) is 0 Å². The van der Waals surface area contributed by atoms with Crippen LogP contribution in [0, 0.1) is 5.82 Å². The number of nitrogens with one attached hydrogen (secondary N) is 1. The summed E-state index contributed by atoms with van der Waals surface area (Å²) >= 11 is 3.47. The normalized spacial score (nSPS) is 12.6. The van der Waals surface area contributed by atoms with E-state index in [0.29, 0.717) is 0 Å². The lowest BCUT2D eigenvalue weighted by Gasteiger charge is -2.17. The van der Waals surface area contributed by atoms with E-state index in [1.807, 2.05) is 26.0 Å². The summed E-state index contributed by atoms with van der Waals surface area (Å²) in [6.45, 7) is 4.84. The summed E-state index contributed by atoms with van der Waals surface area (Å²) in [5.41, 5.74) is 0.846. The van der Waals surface area contributed by atoms with Gasteiger partial charge in [0.05, 0.1) is 6.04 Å². The molecule has 1 atom stereocenters. The topological polar surface area (TPSA) is 25.2 Å². The number of furan rings is 1. The fraction of sp³-hybridized carbons (Fsp3) is 0.333. The second kappa shape index (κ2) is 6.35. The molecule has 1 aromatic heterocycles. The Balaban J connectivity index is 2.41. The minimum absolute atomic E-state index is 0.143. The molecule has 1 N–H and O–H groups in total. The molecular weight excluding hydrogens is 309 g/mol. The number of halogens is 2. The third-order valence-corrected chi connectivity index (χ3v) is 3.71. The average molecular weight is 326 g/mol. The van der Waals surface area contributed by atoms with E-state index in [-0.39, 0.29) is 11.9 Å². The molecule has 0 radical (unpaired) electrons. The maximum Gasteiger partial charge on any atom is 0.125 e. The molecular formula is C15H17BrFNO. The largest absolute Gasteiger partial charge is 0.464 e. The standard InChI is InChI=1S/C15H17BrFNO/c1-3-11-6-8-14(19-11)15(18-4-2)12-9-10(17)5-7-13(12)16/h5-9,15,18H,3-4H2,1-2H3. The monoisotopic (exact) mass is 325 g/mol. The Bertz CT molecular complexity index is 553. The van der Waals surface area contributed by atoms with Crippen LogP contribution in [0.4, 0.5) is 4.39 Å². The highest BCUT2D eigenvalue weighted by Gasteiger charge is 2.19. The molecule has 0 saturated heterocycles. The van der Waals surface area contributed by atoms with Gasteiger partial charge in [-0.05, 0) is 42.4 Å². The second-order valence-corrected chi connectivity index (χ2v) is 5.17. The van der Waals surface area contributed by atoms with Crippen molar-refractivity contribution >= 4 is 15.9 Å². The van der Waals surface area contributed by atoms with E-state index in [1.54, 1.807) is 6.07 Å². The van der Waals surface area contributed by atoms with Gasteiger partial charge in [0.1, 0.15) is 17.3 Å². The Labute approximate surface area is 121 Å². The van der Waals surface area contributed by atoms with Gasteiger partial charge >= 0.3 is 0 Å². The molecule has 4 heteroatoms. The Hall–Kier alpha value is -1.13. The van der Waals surface area contributed by atoms with Crippen molar-refractivity contribution in [2.45, 2.75) is 26.3 Å². The predicted molar refractivity (Wildman–Crippen MR) is 77.7 cm³/mol. The highest BCUT2D eigenvalue weighted by Crippen LogP contribution is 2.30. The summed E-state index contributed by atoms with van der Waals surface area (Å²) in [5, 5.41) is 3.33. The van der Waals surface area contributed by atoms with Crippen molar-refractivity contribution < 1.29 is 8.81 Å². The lowest BCUT2D eigenvalue weighted by molar-refractivity contribution is 0.424. The third kappa shape index (κ3) is 3.25. The first kappa shape index (κ1) is 14.3. The first-order valence-corrected chi connectivity index (χ1v) is 7.22. The van der Waals surface area contributed by atoms with Gasteiger partial charge in [-0.25, -0.2) is 4.39 Å². The number of rotatable bonds is 5. The fourth-order valence-electron chi connectivity index (χ4n) is 2.04. The van der Waals surface area contributed by atoms with Crippen LogP contribution < -0.4 is 5.32 Å². The molecule has 0 aliphatic heterocycles. The number of benzene rings is 1. The molecule has 0 spiro atoms. The van der Waals surface area contributed by atoms with Crippen LogP contribution >= 0.6 is 15.9 Å². The molecule has 1 aromatic carbocycles. The van der Waals surface area contributed by atoms with Crippen LogP contribution in [0.3, 0.4) is 0 Å². The summed E-state index contributed by atoms with van der Waals surface area (Å²) in [6, 6.07) is 8.46. The molecule has 102 valence electrons. The number of aryl methyl sites for hydroxylation is 1. The third-order valence-electron chi connectivity index (χ3n) is 2.99. The van der Waals surface area contributed by atoms with E-state index in [4.69, 9.17) is 4.42 Å². The molecule has 2 rings (SSSR count). The molecule has 1 unspecified atom stereocenters. The smallest absolute Gasteiger partial charge is 0.125 e. The first-order valence-electron chi connectivity index (χ1n) is 6.42. The van der Waals surface area contributed by atoms with Crippen molar-refractivity contribution in [1.82, 2.24) is 5.32 Å². The Morgan fingerprint density at radius 1 is 1.26 bits per heavy atom. The number of hydrogen-bond acceptors (Lipinski definition) is 2. The lowest BCUT2D eigenvalue weighted by atomic mass is 10.0. The zero-order valence-electron chi connectivity index (χ0n) is 11.0. The summed E-state index contributed by atoms with van der Waals surface area (Å²) in [5.74, 6) is 1.50. The van der Waals surface area contributed by atoms with Crippen LogP contribution in [0.15, 0.2) is 39.2 Å². The summed E-state index contributed by atoms with van der Waals surface area (Å²) in [4.78, 5) is 0. The van der Waals surface area contributed by atoms with Crippen LogP contribution in [-0.4, -0.2) is 6.54 Å². The summed E-state index contributed by atoms with van der Waals surface area (Å²) in [7, 11) is 0. The van der Waals surface area contributed by atoms with Crippen molar-refractivity contribution in [3.63, 3.8) is 0 Å². The van der Waals surface area contributed by atoms with Crippen LogP contribution in [0.25, 0.3) is 0 Å². The Morgan fingerprint density at radius 2 is 2.05 bits per heavy atom. The zero-order chi connectivity index (χ0) is 13.8. The Morgan fingerprint density at radius 3 is 2.68 bits per heavy atom. The molecule has 0 saturated carbocycles. The summed E-state index contributed by atoms with van der Waals surface area (Å²) < 4.78 is 20.1. The number of hydrogen-bond donors (Lipinski definition) is 1. The van der Waals surface area contributed by atoms with Crippen LogP contribution in [-0.2, 0) is 6.42 Å². The van der Waals surface area contributed by atoms with Gasteiger partial charge in [-0.2, -0.15) is 0 Å². The minimum Gasteiger partial charge on any atom is -0.464 e. The zero-order valence-corrected chi connectivity index (χ0v) is 12.6. The van der Waals surface area contributed by atoms with Gasteiger partial charge < -0.3 is 9.73 Å². The molecule has 0 aliphatic carbocycles. The second-order valence-electron chi connectivity index (χ2n) is 4.31. The highest BCUT2D eigenvalue weighted by molar-refractivity contribution is 9.10. The van der Waals surface area contributed by atoms with Crippen molar-refractivity contribution in [2.24, 2.45) is 0 Å². The molecule has 19 heavy (non-hydrogen) atoms. The molecule has 2 aromatic rings. The van der Waals surface area contributed by atoms with E-state index in [9.17, 15) is 4.39 Å². The quantitative estimate of drug-likeness (QED) is 0.879. The van der Waals surface area contributed by atoms with E-state index in [2.05, 4.69) is 21.2 Å². The molecule has 0 bridgehead atoms. The van der Waals surface area contributed by atoms with Gasteiger partial charge in [-0.1, -0.05) is 29.8 Å². The fourth-order valence-corrected chi connectivity index (χ4v) is 2.52. The summed E-state index contributed by atoms with van der Waals surface area (Å²) in [6.07, 6.45) is 0.850. The maximum atomic E-state index is 13.5. The van der Waals surface area contributed by atoms with Gasteiger partial charge in [-0.15, -0.1) is 0 Å². The maximum absolute atomic E-state index is 13.5. The van der Waals surface area contributed by atoms with Crippen molar-refractivity contribution in [1.29, 1.82) is 0 Å². The molecule has 1 heterocycles. The van der Waals surface area contributed by atoms with Crippen molar-refractivity contribution in [3.05, 3.63) is 57.7 Å².